The van der Waals surface area contributed by atoms with Crippen molar-refractivity contribution < 1.29 is 19.1 Å². The lowest BCUT2D eigenvalue weighted by molar-refractivity contribution is -0.151. The zero-order chi connectivity index (χ0) is 21.3. The third-order valence-electron chi connectivity index (χ3n) is 5.75. The van der Waals surface area contributed by atoms with Crippen molar-refractivity contribution in [2.75, 3.05) is 33.4 Å². The third kappa shape index (κ3) is 13.7. The molecule has 170 valence electrons. The van der Waals surface area contributed by atoms with Crippen molar-refractivity contribution in [2.24, 2.45) is 11.8 Å². The molecule has 1 saturated heterocycles. The van der Waals surface area contributed by atoms with E-state index in [1.807, 2.05) is 14.0 Å². The molecule has 0 aromatic rings. The summed E-state index contributed by atoms with van der Waals surface area (Å²) in [6, 6.07) is 0. The topological polar surface area (TPSA) is 55.8 Å². The Morgan fingerprint density at radius 3 is 2.00 bits per heavy atom. The van der Waals surface area contributed by atoms with Crippen molar-refractivity contribution in [3.05, 3.63) is 0 Å². The van der Waals surface area contributed by atoms with Crippen LogP contribution in [0.4, 0.5) is 0 Å². The molecule has 0 aliphatic carbocycles. The van der Waals surface area contributed by atoms with Gasteiger partial charge in [0.05, 0.1) is 19.1 Å². The normalized spacial score (nSPS) is 18.0. The maximum atomic E-state index is 12.0. The highest BCUT2D eigenvalue weighted by atomic mass is 16.5. The first-order valence-corrected chi connectivity index (χ1v) is 12.0. The molecule has 1 rings (SSSR count). The van der Waals surface area contributed by atoms with Gasteiger partial charge in [0, 0.05) is 18.9 Å². The quantitative estimate of drug-likeness (QED) is 0.238. The Kier molecular flexibility index (Phi) is 14.9. The minimum Gasteiger partial charge on any atom is -0.465 e. The molecule has 29 heavy (non-hydrogen) atoms. The van der Waals surface area contributed by atoms with Crippen molar-refractivity contribution in [3.8, 4) is 0 Å². The molecule has 1 aliphatic heterocycles. The summed E-state index contributed by atoms with van der Waals surface area (Å²) in [5.74, 6) is -0.208. The Morgan fingerprint density at radius 2 is 1.45 bits per heavy atom. The Hall–Kier alpha value is -1.10. The third-order valence-corrected chi connectivity index (χ3v) is 5.75. The Labute approximate surface area is 178 Å². The molecule has 0 amide bonds. The van der Waals surface area contributed by atoms with Crippen molar-refractivity contribution >= 4 is 11.9 Å². The number of rotatable bonds is 17. The van der Waals surface area contributed by atoms with Crippen LogP contribution in [-0.2, 0) is 19.1 Å². The van der Waals surface area contributed by atoms with Gasteiger partial charge in [-0.1, -0.05) is 78.1 Å². The van der Waals surface area contributed by atoms with Crippen LogP contribution in [0.1, 0.15) is 97.3 Å². The fourth-order valence-corrected chi connectivity index (χ4v) is 3.76. The van der Waals surface area contributed by atoms with E-state index in [1.165, 1.54) is 57.8 Å². The molecule has 0 spiro atoms. The zero-order valence-corrected chi connectivity index (χ0v) is 19.3. The number of likely N-dealkylation sites (tertiary alicyclic amines) is 1. The molecule has 2 unspecified atom stereocenters. The van der Waals surface area contributed by atoms with E-state index in [4.69, 9.17) is 9.47 Å². The highest BCUT2D eigenvalue weighted by molar-refractivity contribution is 5.73. The minimum absolute atomic E-state index is 0.00388. The lowest BCUT2D eigenvalue weighted by atomic mass is 10.1. The second-order valence-electron chi connectivity index (χ2n) is 8.95. The molecule has 1 heterocycles. The van der Waals surface area contributed by atoms with Gasteiger partial charge in [-0.05, 0) is 26.4 Å². The first-order valence-electron chi connectivity index (χ1n) is 12.0. The standard InChI is InChI=1S/C24H45NO4/c1-4-5-6-7-8-9-10-11-12-13-14-15-23(26)28-19-21(2)20-29-24(27)22-16-17-25(3)18-22/h21-22H,4-20H2,1-3H3. The summed E-state index contributed by atoms with van der Waals surface area (Å²) in [6.07, 6.45) is 15.4. The summed E-state index contributed by atoms with van der Waals surface area (Å²) in [5.41, 5.74) is 0. The fourth-order valence-electron chi connectivity index (χ4n) is 3.76. The van der Waals surface area contributed by atoms with Gasteiger partial charge >= 0.3 is 11.9 Å². The van der Waals surface area contributed by atoms with Crippen LogP contribution in [0.2, 0.25) is 0 Å². The van der Waals surface area contributed by atoms with Crippen LogP contribution in [0.15, 0.2) is 0 Å². The number of nitrogens with zero attached hydrogens (tertiary/aromatic N) is 1. The van der Waals surface area contributed by atoms with E-state index in [0.717, 1.165) is 32.4 Å². The number of hydrogen-bond acceptors (Lipinski definition) is 5. The molecule has 0 radical (unpaired) electrons. The highest BCUT2D eigenvalue weighted by Gasteiger charge is 2.27. The van der Waals surface area contributed by atoms with Crippen molar-refractivity contribution in [3.63, 3.8) is 0 Å². The van der Waals surface area contributed by atoms with Gasteiger partial charge in [0.15, 0.2) is 0 Å². The maximum Gasteiger partial charge on any atom is 0.310 e. The van der Waals surface area contributed by atoms with E-state index in [9.17, 15) is 9.59 Å². The lowest BCUT2D eigenvalue weighted by Gasteiger charge is -2.15. The van der Waals surface area contributed by atoms with Gasteiger partial charge in [-0.25, -0.2) is 0 Å². The maximum absolute atomic E-state index is 12.0. The average Bonchev–Trinajstić information content (AvgIpc) is 3.15. The van der Waals surface area contributed by atoms with Crippen LogP contribution in [0.25, 0.3) is 0 Å². The molecule has 0 bridgehead atoms. The number of carbonyl (C=O) groups excluding carboxylic acids is 2. The fraction of sp³-hybridized carbons (Fsp3) is 0.917. The van der Waals surface area contributed by atoms with Crippen molar-refractivity contribution in [1.29, 1.82) is 0 Å². The Morgan fingerprint density at radius 1 is 0.897 bits per heavy atom. The number of esters is 2. The SMILES string of the molecule is CCCCCCCCCCCCCC(=O)OCC(C)COC(=O)C1CCN(C)C1. The summed E-state index contributed by atoms with van der Waals surface area (Å²) in [5, 5.41) is 0. The van der Waals surface area contributed by atoms with Crippen molar-refractivity contribution in [2.45, 2.75) is 97.3 Å². The monoisotopic (exact) mass is 411 g/mol. The van der Waals surface area contributed by atoms with Crippen LogP contribution in [0.3, 0.4) is 0 Å². The number of ether oxygens (including phenoxy) is 2. The molecule has 0 N–H and O–H groups in total. The summed E-state index contributed by atoms with van der Waals surface area (Å²) in [7, 11) is 2.02. The van der Waals surface area contributed by atoms with Gasteiger partial charge in [0.1, 0.15) is 0 Å². The van der Waals surface area contributed by atoms with Gasteiger partial charge in [-0.15, -0.1) is 0 Å². The summed E-state index contributed by atoms with van der Waals surface area (Å²) in [4.78, 5) is 26.0. The summed E-state index contributed by atoms with van der Waals surface area (Å²) in [6.45, 7) is 6.58. The van der Waals surface area contributed by atoms with E-state index in [-0.39, 0.29) is 23.8 Å². The van der Waals surface area contributed by atoms with Crippen molar-refractivity contribution in [1.82, 2.24) is 4.90 Å². The number of unbranched alkanes of at least 4 members (excludes halogenated alkanes) is 10. The van der Waals surface area contributed by atoms with Gasteiger partial charge in [0.25, 0.3) is 0 Å². The van der Waals surface area contributed by atoms with E-state index < -0.39 is 0 Å². The molecule has 5 nitrogen and oxygen atoms in total. The Bertz CT molecular complexity index is 441. The first kappa shape index (κ1) is 25.9. The zero-order valence-electron chi connectivity index (χ0n) is 19.3. The minimum atomic E-state index is -0.128. The highest BCUT2D eigenvalue weighted by Crippen LogP contribution is 2.16. The van der Waals surface area contributed by atoms with E-state index in [0.29, 0.717) is 19.6 Å². The second kappa shape index (κ2) is 16.7. The number of hydrogen-bond donors (Lipinski definition) is 0. The van der Waals surface area contributed by atoms with Gasteiger partial charge in [-0.2, -0.15) is 0 Å². The van der Waals surface area contributed by atoms with Crippen LogP contribution in [0.5, 0.6) is 0 Å². The lowest BCUT2D eigenvalue weighted by Crippen LogP contribution is -2.24. The molecular weight excluding hydrogens is 366 g/mol. The van der Waals surface area contributed by atoms with Gasteiger partial charge in [0.2, 0.25) is 0 Å². The predicted octanol–water partition coefficient (Wildman–Crippen LogP) is 5.36. The van der Waals surface area contributed by atoms with Gasteiger partial charge < -0.3 is 14.4 Å². The Balaban J connectivity index is 1.90. The smallest absolute Gasteiger partial charge is 0.310 e. The van der Waals surface area contributed by atoms with Gasteiger partial charge in [-0.3, -0.25) is 9.59 Å². The predicted molar refractivity (Wildman–Crippen MR) is 118 cm³/mol. The first-order chi connectivity index (χ1) is 14.0. The van der Waals surface area contributed by atoms with E-state index in [2.05, 4.69) is 11.8 Å². The second-order valence-corrected chi connectivity index (χ2v) is 8.95. The molecule has 0 aromatic carbocycles. The van der Waals surface area contributed by atoms with Crippen LogP contribution >= 0.6 is 0 Å². The van der Waals surface area contributed by atoms with Crippen LogP contribution in [0, 0.1) is 11.8 Å². The summed E-state index contributed by atoms with van der Waals surface area (Å²) >= 11 is 0. The molecule has 2 atom stereocenters. The van der Waals surface area contributed by atoms with Crippen LogP contribution in [-0.4, -0.2) is 50.2 Å². The molecule has 1 fully saturated rings. The number of carbonyl (C=O) groups is 2. The van der Waals surface area contributed by atoms with Crippen LogP contribution < -0.4 is 0 Å². The molecule has 0 saturated carbocycles. The summed E-state index contributed by atoms with van der Waals surface area (Å²) < 4.78 is 10.7. The molecule has 1 aliphatic rings. The molecule has 5 heteroatoms. The average molecular weight is 412 g/mol. The largest absolute Gasteiger partial charge is 0.465 e. The molecular formula is C24H45NO4. The van der Waals surface area contributed by atoms with E-state index in [1.54, 1.807) is 0 Å². The molecule has 0 aromatic heterocycles. The van der Waals surface area contributed by atoms with E-state index >= 15 is 0 Å².